The predicted octanol–water partition coefficient (Wildman–Crippen LogP) is 4.55. The number of halogens is 2. The summed E-state index contributed by atoms with van der Waals surface area (Å²) >= 11 is 3.32. The van der Waals surface area contributed by atoms with Crippen LogP contribution in [0.4, 0.5) is 4.39 Å². The first-order valence-electron chi connectivity index (χ1n) is 6.47. The summed E-state index contributed by atoms with van der Waals surface area (Å²) in [4.78, 5) is 0. The van der Waals surface area contributed by atoms with Crippen molar-refractivity contribution in [2.45, 2.75) is 46.1 Å². The van der Waals surface area contributed by atoms with Gasteiger partial charge in [0.15, 0.2) is 0 Å². The maximum absolute atomic E-state index is 13.4. The van der Waals surface area contributed by atoms with Gasteiger partial charge in [-0.05, 0) is 73.6 Å². The number of hydrogen-bond donors (Lipinski definition) is 1. The molecule has 1 aromatic rings. The molecule has 102 valence electrons. The Morgan fingerprint density at radius 1 is 1.33 bits per heavy atom. The number of nitrogens with one attached hydrogen (secondary N) is 1. The van der Waals surface area contributed by atoms with Crippen LogP contribution in [0.15, 0.2) is 22.7 Å². The van der Waals surface area contributed by atoms with E-state index in [1.807, 2.05) is 6.07 Å². The van der Waals surface area contributed by atoms with Crippen molar-refractivity contribution in [3.8, 4) is 0 Å². The average Bonchev–Trinajstić information content (AvgIpc) is 2.23. The lowest BCUT2D eigenvalue weighted by Crippen LogP contribution is -2.37. The van der Waals surface area contributed by atoms with Gasteiger partial charge in [0.2, 0.25) is 0 Å². The molecule has 1 N–H and O–H groups in total. The zero-order valence-corrected chi connectivity index (χ0v) is 13.3. The second kappa shape index (κ2) is 6.67. The lowest BCUT2D eigenvalue weighted by molar-refractivity contribution is 0.393. The van der Waals surface area contributed by atoms with Crippen molar-refractivity contribution in [3.63, 3.8) is 0 Å². The van der Waals surface area contributed by atoms with Gasteiger partial charge in [-0.15, -0.1) is 0 Å². The Bertz CT molecular complexity index is 385. The molecule has 1 unspecified atom stereocenters. The van der Waals surface area contributed by atoms with E-state index in [9.17, 15) is 4.39 Å². The summed E-state index contributed by atoms with van der Waals surface area (Å²) in [5.74, 6) is 0.366. The smallest absolute Gasteiger partial charge is 0.137 e. The molecule has 3 heteroatoms. The summed E-state index contributed by atoms with van der Waals surface area (Å²) in [6, 6.07) is 5.25. The maximum Gasteiger partial charge on any atom is 0.137 e. The van der Waals surface area contributed by atoms with Crippen LogP contribution in [0.25, 0.3) is 0 Å². The lowest BCUT2D eigenvalue weighted by atomic mass is 9.97. The van der Waals surface area contributed by atoms with Crippen molar-refractivity contribution in [2.24, 2.45) is 5.92 Å². The Hall–Kier alpha value is -0.410. The van der Waals surface area contributed by atoms with Crippen molar-refractivity contribution < 1.29 is 4.39 Å². The second-order valence-corrected chi connectivity index (χ2v) is 6.78. The van der Waals surface area contributed by atoms with Crippen molar-refractivity contribution in [3.05, 3.63) is 34.1 Å². The highest BCUT2D eigenvalue weighted by Crippen LogP contribution is 2.23. The van der Waals surface area contributed by atoms with Gasteiger partial charge in [0.05, 0.1) is 4.47 Å². The average molecular weight is 316 g/mol. The minimum Gasteiger partial charge on any atom is -0.312 e. The largest absolute Gasteiger partial charge is 0.312 e. The molecule has 0 amide bonds. The molecule has 0 saturated carbocycles. The van der Waals surface area contributed by atoms with Gasteiger partial charge in [0, 0.05) is 5.54 Å². The van der Waals surface area contributed by atoms with Crippen LogP contribution in [0, 0.1) is 11.7 Å². The van der Waals surface area contributed by atoms with Crippen LogP contribution in [-0.4, -0.2) is 12.1 Å². The van der Waals surface area contributed by atoms with Crippen molar-refractivity contribution in [2.75, 3.05) is 6.54 Å². The molecule has 0 spiro atoms. The fraction of sp³-hybridized carbons (Fsp3) is 0.600. The fourth-order valence-corrected chi connectivity index (χ4v) is 2.30. The molecule has 1 atom stereocenters. The third kappa shape index (κ3) is 5.49. The van der Waals surface area contributed by atoms with E-state index in [0.29, 0.717) is 10.4 Å². The van der Waals surface area contributed by atoms with E-state index >= 15 is 0 Å². The molecule has 0 fully saturated rings. The highest BCUT2D eigenvalue weighted by Gasteiger charge is 2.12. The first kappa shape index (κ1) is 15.6. The molecule has 0 bridgehead atoms. The number of rotatable bonds is 5. The van der Waals surface area contributed by atoms with E-state index in [2.05, 4.69) is 48.9 Å². The van der Waals surface area contributed by atoms with E-state index in [1.54, 1.807) is 6.07 Å². The number of benzene rings is 1. The zero-order chi connectivity index (χ0) is 13.8. The van der Waals surface area contributed by atoms with Crippen LogP contribution in [0.2, 0.25) is 0 Å². The SMILES string of the molecule is CC(CCNC(C)(C)C)Cc1cccc(F)c1Br. The lowest BCUT2D eigenvalue weighted by Gasteiger charge is -2.22. The highest BCUT2D eigenvalue weighted by molar-refractivity contribution is 9.10. The van der Waals surface area contributed by atoms with Crippen LogP contribution < -0.4 is 5.32 Å². The van der Waals surface area contributed by atoms with Gasteiger partial charge in [0.1, 0.15) is 5.82 Å². The molecule has 0 aliphatic carbocycles. The molecule has 0 aromatic heterocycles. The summed E-state index contributed by atoms with van der Waals surface area (Å²) in [5.41, 5.74) is 1.22. The van der Waals surface area contributed by atoms with Crippen molar-refractivity contribution >= 4 is 15.9 Å². The van der Waals surface area contributed by atoms with Crippen LogP contribution in [0.5, 0.6) is 0 Å². The Kier molecular flexibility index (Phi) is 5.80. The topological polar surface area (TPSA) is 12.0 Å². The summed E-state index contributed by atoms with van der Waals surface area (Å²) in [6.45, 7) is 9.71. The summed E-state index contributed by atoms with van der Waals surface area (Å²) in [6.07, 6.45) is 2.00. The third-order valence-electron chi connectivity index (χ3n) is 2.89. The van der Waals surface area contributed by atoms with E-state index in [0.717, 1.165) is 24.9 Å². The summed E-state index contributed by atoms with van der Waals surface area (Å²) in [7, 11) is 0. The Labute approximate surface area is 118 Å². The minimum atomic E-state index is -0.174. The van der Waals surface area contributed by atoms with Gasteiger partial charge in [0.25, 0.3) is 0 Å². The highest BCUT2D eigenvalue weighted by atomic mass is 79.9. The molecule has 0 heterocycles. The molecule has 1 rings (SSSR count). The standard InChI is InChI=1S/C15H23BrFN/c1-11(8-9-18-15(2,3)4)10-12-6-5-7-13(17)14(12)16/h5-7,11,18H,8-10H2,1-4H3. The van der Waals surface area contributed by atoms with Crippen LogP contribution >= 0.6 is 15.9 Å². The van der Waals surface area contributed by atoms with Gasteiger partial charge in [-0.3, -0.25) is 0 Å². The summed E-state index contributed by atoms with van der Waals surface area (Å²) < 4.78 is 14.0. The van der Waals surface area contributed by atoms with Crippen LogP contribution in [-0.2, 0) is 6.42 Å². The molecule has 0 saturated heterocycles. The molecular formula is C15H23BrFN. The second-order valence-electron chi connectivity index (χ2n) is 5.99. The minimum absolute atomic E-state index is 0.166. The normalized spacial score (nSPS) is 13.7. The monoisotopic (exact) mass is 315 g/mol. The van der Waals surface area contributed by atoms with Gasteiger partial charge >= 0.3 is 0 Å². The van der Waals surface area contributed by atoms with E-state index in [1.165, 1.54) is 6.07 Å². The zero-order valence-electron chi connectivity index (χ0n) is 11.7. The molecule has 1 nitrogen and oxygen atoms in total. The molecule has 0 radical (unpaired) electrons. The first-order chi connectivity index (χ1) is 8.29. The molecular weight excluding hydrogens is 293 g/mol. The van der Waals surface area contributed by atoms with Gasteiger partial charge in [-0.25, -0.2) is 4.39 Å². The molecule has 0 aliphatic rings. The van der Waals surface area contributed by atoms with Gasteiger partial charge in [-0.1, -0.05) is 19.1 Å². The van der Waals surface area contributed by atoms with E-state index in [-0.39, 0.29) is 11.4 Å². The van der Waals surface area contributed by atoms with Crippen LogP contribution in [0.1, 0.15) is 39.7 Å². The van der Waals surface area contributed by atoms with E-state index in [4.69, 9.17) is 0 Å². The quantitative estimate of drug-likeness (QED) is 0.840. The molecule has 18 heavy (non-hydrogen) atoms. The maximum atomic E-state index is 13.4. The Morgan fingerprint density at radius 2 is 2.00 bits per heavy atom. The van der Waals surface area contributed by atoms with Gasteiger partial charge < -0.3 is 5.32 Å². The Morgan fingerprint density at radius 3 is 2.61 bits per heavy atom. The predicted molar refractivity (Wildman–Crippen MR) is 79.3 cm³/mol. The van der Waals surface area contributed by atoms with Crippen molar-refractivity contribution in [1.82, 2.24) is 5.32 Å². The third-order valence-corrected chi connectivity index (χ3v) is 3.78. The van der Waals surface area contributed by atoms with Crippen LogP contribution in [0.3, 0.4) is 0 Å². The molecule has 1 aromatic carbocycles. The Balaban J connectivity index is 2.45. The fourth-order valence-electron chi connectivity index (χ4n) is 1.88. The molecule has 0 aliphatic heterocycles. The van der Waals surface area contributed by atoms with E-state index < -0.39 is 0 Å². The van der Waals surface area contributed by atoms with Crippen molar-refractivity contribution in [1.29, 1.82) is 0 Å². The first-order valence-corrected chi connectivity index (χ1v) is 7.27. The number of hydrogen-bond acceptors (Lipinski definition) is 1. The summed E-state index contributed by atoms with van der Waals surface area (Å²) in [5, 5.41) is 3.48. The van der Waals surface area contributed by atoms with Gasteiger partial charge in [-0.2, -0.15) is 0 Å².